The van der Waals surface area contributed by atoms with Crippen molar-refractivity contribution in [3.05, 3.63) is 80.9 Å². The Morgan fingerprint density at radius 3 is 2.68 bits per heavy atom. The van der Waals surface area contributed by atoms with Crippen LogP contribution >= 0.6 is 11.6 Å². The van der Waals surface area contributed by atoms with Crippen molar-refractivity contribution < 1.29 is 14.1 Å². The molecule has 0 unspecified atom stereocenters. The Balaban J connectivity index is 1.43. The Morgan fingerprint density at radius 1 is 1.12 bits per heavy atom. The Hall–Kier alpha value is -3.91. The number of nitrogens with zero attached hydrogens (tertiary/aromatic N) is 3. The number of hydrogen-bond acceptors (Lipinski definition) is 6. The predicted molar refractivity (Wildman–Crippen MR) is 132 cm³/mol. The van der Waals surface area contributed by atoms with E-state index in [1.54, 1.807) is 30.3 Å². The fourth-order valence-electron chi connectivity index (χ4n) is 4.14. The largest absolute Gasteiger partial charge is 0.436 e. The van der Waals surface area contributed by atoms with Crippen molar-refractivity contribution in [3.8, 4) is 11.5 Å². The monoisotopic (exact) mass is 476 g/mol. The SMILES string of the molecule is Cc1ccc2nc(-c3ccc(Cl)c(NC(=O)c4ccc(N5CCCC5)c([N+](=O)[O-])c4)c3)oc2c1. The smallest absolute Gasteiger partial charge is 0.293 e. The van der Waals surface area contributed by atoms with Gasteiger partial charge in [0.05, 0.1) is 15.6 Å². The van der Waals surface area contributed by atoms with Gasteiger partial charge in [0.15, 0.2) is 5.58 Å². The number of carbonyl (C=O) groups is 1. The van der Waals surface area contributed by atoms with E-state index < -0.39 is 10.8 Å². The lowest BCUT2D eigenvalue weighted by Gasteiger charge is -2.18. The molecule has 1 amide bonds. The van der Waals surface area contributed by atoms with Gasteiger partial charge in [0.1, 0.15) is 11.2 Å². The first kappa shape index (κ1) is 21.9. The van der Waals surface area contributed by atoms with Gasteiger partial charge in [0.2, 0.25) is 5.89 Å². The molecular formula is C25H21ClN4O4. The number of aromatic nitrogens is 1. The predicted octanol–water partition coefficient (Wildman–Crippen LogP) is 6.22. The van der Waals surface area contributed by atoms with E-state index in [0.29, 0.717) is 33.4 Å². The number of hydrogen-bond donors (Lipinski definition) is 1. The van der Waals surface area contributed by atoms with E-state index in [2.05, 4.69) is 10.3 Å². The van der Waals surface area contributed by atoms with Gasteiger partial charge in [-0.3, -0.25) is 14.9 Å². The topological polar surface area (TPSA) is 102 Å². The fourth-order valence-corrected chi connectivity index (χ4v) is 4.31. The summed E-state index contributed by atoms with van der Waals surface area (Å²) < 4.78 is 5.88. The molecule has 0 bridgehead atoms. The van der Waals surface area contributed by atoms with E-state index in [-0.39, 0.29) is 11.3 Å². The third kappa shape index (κ3) is 4.20. The average molecular weight is 477 g/mol. The van der Waals surface area contributed by atoms with Gasteiger partial charge in [-0.15, -0.1) is 0 Å². The summed E-state index contributed by atoms with van der Waals surface area (Å²) in [5, 5.41) is 14.8. The Labute approximate surface area is 200 Å². The Kier molecular flexibility index (Phi) is 5.67. The number of nitrogens with one attached hydrogen (secondary N) is 1. The van der Waals surface area contributed by atoms with Crippen LogP contribution in [-0.2, 0) is 0 Å². The van der Waals surface area contributed by atoms with Gasteiger partial charge in [0.25, 0.3) is 11.6 Å². The van der Waals surface area contributed by atoms with E-state index in [4.69, 9.17) is 16.0 Å². The number of aryl methyl sites for hydroxylation is 1. The first-order chi connectivity index (χ1) is 16.4. The average Bonchev–Trinajstić information content (AvgIpc) is 3.50. The third-order valence-corrected chi connectivity index (χ3v) is 6.22. The zero-order chi connectivity index (χ0) is 23.8. The summed E-state index contributed by atoms with van der Waals surface area (Å²) in [7, 11) is 0. The lowest BCUT2D eigenvalue weighted by Crippen LogP contribution is -2.20. The zero-order valence-electron chi connectivity index (χ0n) is 18.4. The van der Waals surface area contributed by atoms with E-state index in [1.165, 1.54) is 6.07 Å². The van der Waals surface area contributed by atoms with Gasteiger partial charge in [0, 0.05) is 30.3 Å². The molecule has 34 heavy (non-hydrogen) atoms. The molecule has 9 heteroatoms. The van der Waals surface area contributed by atoms with Crippen LogP contribution in [0.1, 0.15) is 28.8 Å². The van der Waals surface area contributed by atoms with Crippen molar-refractivity contribution in [1.82, 2.24) is 4.98 Å². The molecule has 0 aliphatic carbocycles. The maximum atomic E-state index is 13.0. The van der Waals surface area contributed by atoms with Crippen LogP contribution in [-0.4, -0.2) is 28.9 Å². The van der Waals surface area contributed by atoms with Crippen molar-refractivity contribution in [2.24, 2.45) is 0 Å². The summed E-state index contributed by atoms with van der Waals surface area (Å²) >= 11 is 6.33. The first-order valence-electron chi connectivity index (χ1n) is 10.9. The van der Waals surface area contributed by atoms with E-state index >= 15 is 0 Å². The molecule has 4 aromatic rings. The van der Waals surface area contributed by atoms with Crippen molar-refractivity contribution in [1.29, 1.82) is 0 Å². The van der Waals surface area contributed by atoms with E-state index in [0.717, 1.165) is 37.0 Å². The van der Waals surface area contributed by atoms with Crippen LogP contribution in [0.5, 0.6) is 0 Å². The standard InChI is InChI=1S/C25H21ClN4O4/c1-15-4-8-19-23(12-15)34-25(28-19)17-5-7-18(26)20(13-17)27-24(31)16-6-9-21(22(14-16)30(32)33)29-10-2-3-11-29/h4-9,12-14H,2-3,10-11H2,1H3,(H,27,31). The summed E-state index contributed by atoms with van der Waals surface area (Å²) in [6.45, 7) is 3.51. The van der Waals surface area contributed by atoms with Gasteiger partial charge >= 0.3 is 0 Å². The molecule has 0 radical (unpaired) electrons. The second-order valence-electron chi connectivity index (χ2n) is 8.29. The van der Waals surface area contributed by atoms with Crippen LogP contribution in [0, 0.1) is 17.0 Å². The molecule has 1 fully saturated rings. The number of carbonyl (C=O) groups excluding carboxylic acids is 1. The molecule has 2 heterocycles. The number of nitro benzene ring substituents is 1. The minimum Gasteiger partial charge on any atom is -0.436 e. The van der Waals surface area contributed by atoms with Crippen molar-refractivity contribution >= 4 is 45.7 Å². The molecule has 0 spiro atoms. The van der Waals surface area contributed by atoms with Crippen LogP contribution in [0.3, 0.4) is 0 Å². The number of amides is 1. The molecule has 1 N–H and O–H groups in total. The summed E-state index contributed by atoms with van der Waals surface area (Å²) in [6.07, 6.45) is 1.99. The highest BCUT2D eigenvalue weighted by molar-refractivity contribution is 6.34. The van der Waals surface area contributed by atoms with Gasteiger partial charge in [-0.2, -0.15) is 0 Å². The number of halogens is 1. The quantitative estimate of drug-likeness (QED) is 0.271. The number of nitro groups is 1. The van der Waals surface area contributed by atoms with Gasteiger partial charge in [-0.05, 0) is 67.8 Å². The minimum absolute atomic E-state index is 0.0869. The van der Waals surface area contributed by atoms with E-state index in [9.17, 15) is 14.9 Å². The molecule has 1 aliphatic heterocycles. The van der Waals surface area contributed by atoms with Crippen LogP contribution in [0.4, 0.5) is 17.1 Å². The normalized spacial score (nSPS) is 13.4. The Morgan fingerprint density at radius 2 is 1.91 bits per heavy atom. The van der Waals surface area contributed by atoms with Crippen molar-refractivity contribution in [2.45, 2.75) is 19.8 Å². The summed E-state index contributed by atoms with van der Waals surface area (Å²) in [4.78, 5) is 30.7. The van der Waals surface area contributed by atoms with Crippen molar-refractivity contribution in [2.75, 3.05) is 23.3 Å². The second kappa shape index (κ2) is 8.79. The number of oxazole rings is 1. The van der Waals surface area contributed by atoms with Gasteiger partial charge in [-0.25, -0.2) is 4.98 Å². The molecule has 172 valence electrons. The van der Waals surface area contributed by atoms with Crippen LogP contribution in [0.2, 0.25) is 5.02 Å². The molecule has 1 aliphatic rings. The maximum Gasteiger partial charge on any atom is 0.293 e. The Bertz CT molecular complexity index is 1430. The summed E-state index contributed by atoms with van der Waals surface area (Å²) in [5.41, 5.74) is 4.07. The highest BCUT2D eigenvalue weighted by Crippen LogP contribution is 2.33. The van der Waals surface area contributed by atoms with Gasteiger partial charge < -0.3 is 14.6 Å². The minimum atomic E-state index is -0.497. The fraction of sp³-hybridized carbons (Fsp3) is 0.200. The molecule has 8 nitrogen and oxygen atoms in total. The zero-order valence-corrected chi connectivity index (χ0v) is 19.1. The van der Waals surface area contributed by atoms with Crippen molar-refractivity contribution in [3.63, 3.8) is 0 Å². The van der Waals surface area contributed by atoms with Crippen LogP contribution in [0.15, 0.2) is 59.0 Å². The molecule has 1 saturated heterocycles. The molecular weight excluding hydrogens is 456 g/mol. The molecule has 5 rings (SSSR count). The third-order valence-electron chi connectivity index (χ3n) is 5.89. The number of rotatable bonds is 5. The maximum absolute atomic E-state index is 13.0. The summed E-state index contributed by atoms with van der Waals surface area (Å²) in [6, 6.07) is 15.4. The van der Waals surface area contributed by atoms with Crippen LogP contribution < -0.4 is 10.2 Å². The summed E-state index contributed by atoms with van der Waals surface area (Å²) in [5.74, 6) is -0.0957. The lowest BCUT2D eigenvalue weighted by atomic mass is 10.1. The highest BCUT2D eigenvalue weighted by atomic mass is 35.5. The molecule has 0 atom stereocenters. The number of benzene rings is 3. The van der Waals surface area contributed by atoms with Crippen LogP contribution in [0.25, 0.3) is 22.6 Å². The number of anilines is 2. The second-order valence-corrected chi connectivity index (χ2v) is 8.70. The lowest BCUT2D eigenvalue weighted by molar-refractivity contribution is -0.384. The molecule has 3 aromatic carbocycles. The highest BCUT2D eigenvalue weighted by Gasteiger charge is 2.24. The van der Waals surface area contributed by atoms with E-state index in [1.807, 2.05) is 30.0 Å². The molecule has 0 saturated carbocycles. The number of fused-ring (bicyclic) bond motifs is 1. The first-order valence-corrected chi connectivity index (χ1v) is 11.3. The van der Waals surface area contributed by atoms with Gasteiger partial charge in [-0.1, -0.05) is 17.7 Å². The molecule has 1 aromatic heterocycles.